The predicted octanol–water partition coefficient (Wildman–Crippen LogP) is 3.73. The fraction of sp³-hybridized carbons (Fsp3) is 0.154. The van der Waals surface area contributed by atoms with E-state index in [4.69, 9.17) is 11.6 Å². The first-order chi connectivity index (χ1) is 7.75. The van der Waals surface area contributed by atoms with Gasteiger partial charge in [0.2, 0.25) is 0 Å². The molecule has 1 heterocycles. The lowest BCUT2D eigenvalue weighted by molar-refractivity contribution is 0.103. The minimum atomic E-state index is 0.117. The SMILES string of the molecule is O=C1c2cc(Cl)ccc2CCc2sccc21. The van der Waals surface area contributed by atoms with Crippen LogP contribution in [0.5, 0.6) is 0 Å². The van der Waals surface area contributed by atoms with Crippen molar-refractivity contribution in [3.63, 3.8) is 0 Å². The molecule has 80 valence electrons. The van der Waals surface area contributed by atoms with Crippen LogP contribution in [0.15, 0.2) is 29.6 Å². The zero-order valence-electron chi connectivity index (χ0n) is 8.50. The van der Waals surface area contributed by atoms with Crippen LogP contribution in [0.2, 0.25) is 5.02 Å². The molecule has 1 nitrogen and oxygen atoms in total. The van der Waals surface area contributed by atoms with Crippen molar-refractivity contribution in [3.8, 4) is 0 Å². The number of fused-ring (bicyclic) bond motifs is 2. The third-order valence-electron chi connectivity index (χ3n) is 2.93. The lowest BCUT2D eigenvalue weighted by Crippen LogP contribution is -2.02. The Kier molecular flexibility index (Phi) is 2.34. The Bertz CT molecular complexity index is 571. The number of rotatable bonds is 0. The number of ketones is 1. The first kappa shape index (κ1) is 10.1. The van der Waals surface area contributed by atoms with E-state index in [-0.39, 0.29) is 5.78 Å². The average molecular weight is 249 g/mol. The molecule has 0 fully saturated rings. The summed E-state index contributed by atoms with van der Waals surface area (Å²) in [5, 5.41) is 2.61. The minimum absolute atomic E-state index is 0.117. The zero-order chi connectivity index (χ0) is 11.1. The molecule has 1 aromatic heterocycles. The molecule has 0 N–H and O–H groups in total. The van der Waals surface area contributed by atoms with Gasteiger partial charge in [0.15, 0.2) is 5.78 Å². The van der Waals surface area contributed by atoms with Gasteiger partial charge in [0.05, 0.1) is 0 Å². The van der Waals surface area contributed by atoms with Gasteiger partial charge in [0, 0.05) is 21.0 Å². The van der Waals surface area contributed by atoms with E-state index < -0.39 is 0 Å². The third-order valence-corrected chi connectivity index (χ3v) is 4.14. The standard InChI is InChI=1S/C13H9ClOS/c14-9-3-1-8-2-4-12-10(5-6-16-12)13(15)11(8)7-9/h1,3,5-7H,2,4H2. The molecule has 0 saturated carbocycles. The average Bonchev–Trinajstić information content (AvgIpc) is 2.70. The number of benzene rings is 1. The number of hydrogen-bond donors (Lipinski definition) is 0. The molecular weight excluding hydrogens is 240 g/mol. The summed E-state index contributed by atoms with van der Waals surface area (Å²) in [7, 11) is 0. The van der Waals surface area contributed by atoms with E-state index in [1.165, 1.54) is 4.88 Å². The smallest absolute Gasteiger partial charge is 0.194 e. The molecule has 1 aliphatic carbocycles. The van der Waals surface area contributed by atoms with Crippen LogP contribution in [-0.2, 0) is 12.8 Å². The Hall–Kier alpha value is -1.12. The number of hydrogen-bond acceptors (Lipinski definition) is 2. The van der Waals surface area contributed by atoms with Gasteiger partial charge >= 0.3 is 0 Å². The van der Waals surface area contributed by atoms with Crippen LogP contribution in [0.3, 0.4) is 0 Å². The molecule has 0 amide bonds. The van der Waals surface area contributed by atoms with Gasteiger partial charge in [-0.25, -0.2) is 0 Å². The second-order valence-electron chi connectivity index (χ2n) is 3.89. The van der Waals surface area contributed by atoms with Gasteiger partial charge < -0.3 is 0 Å². The summed E-state index contributed by atoms with van der Waals surface area (Å²) >= 11 is 7.61. The van der Waals surface area contributed by atoms with E-state index in [0.29, 0.717) is 5.02 Å². The van der Waals surface area contributed by atoms with Crippen LogP contribution in [0.1, 0.15) is 26.4 Å². The van der Waals surface area contributed by atoms with Gasteiger partial charge in [-0.05, 0) is 42.0 Å². The summed E-state index contributed by atoms with van der Waals surface area (Å²) in [5.41, 5.74) is 2.73. The monoisotopic (exact) mass is 248 g/mol. The Morgan fingerprint density at radius 2 is 2.00 bits per heavy atom. The molecule has 0 spiro atoms. The molecule has 1 aromatic carbocycles. The first-order valence-corrected chi connectivity index (χ1v) is 6.41. The molecule has 2 aromatic rings. The van der Waals surface area contributed by atoms with Crippen molar-refractivity contribution in [1.82, 2.24) is 0 Å². The van der Waals surface area contributed by atoms with E-state index in [0.717, 1.165) is 29.5 Å². The van der Waals surface area contributed by atoms with Crippen molar-refractivity contribution in [2.75, 3.05) is 0 Å². The van der Waals surface area contributed by atoms with E-state index >= 15 is 0 Å². The van der Waals surface area contributed by atoms with Crippen LogP contribution in [0.25, 0.3) is 0 Å². The van der Waals surface area contributed by atoms with Crippen molar-refractivity contribution < 1.29 is 4.79 Å². The van der Waals surface area contributed by atoms with Crippen molar-refractivity contribution in [2.24, 2.45) is 0 Å². The quantitative estimate of drug-likeness (QED) is 0.694. The van der Waals surface area contributed by atoms with Gasteiger partial charge in [0.1, 0.15) is 0 Å². The summed E-state index contributed by atoms with van der Waals surface area (Å²) in [5.74, 6) is 0.117. The summed E-state index contributed by atoms with van der Waals surface area (Å²) < 4.78 is 0. The maximum atomic E-state index is 12.3. The Labute approximate surface area is 103 Å². The molecule has 1 aliphatic rings. The lowest BCUT2D eigenvalue weighted by atomic mass is 10.0. The highest BCUT2D eigenvalue weighted by molar-refractivity contribution is 7.10. The fourth-order valence-electron chi connectivity index (χ4n) is 2.11. The highest BCUT2D eigenvalue weighted by atomic mass is 35.5. The summed E-state index contributed by atoms with van der Waals surface area (Å²) in [6, 6.07) is 7.52. The Morgan fingerprint density at radius 3 is 2.88 bits per heavy atom. The van der Waals surface area contributed by atoms with Gasteiger partial charge in [0.25, 0.3) is 0 Å². The number of aryl methyl sites for hydroxylation is 2. The Balaban J connectivity index is 2.22. The number of carbonyl (C=O) groups is 1. The minimum Gasteiger partial charge on any atom is -0.289 e. The second-order valence-corrected chi connectivity index (χ2v) is 5.33. The van der Waals surface area contributed by atoms with Gasteiger partial charge in [-0.2, -0.15) is 0 Å². The molecule has 0 saturated heterocycles. The van der Waals surface area contributed by atoms with Gasteiger partial charge in [-0.3, -0.25) is 4.79 Å². The van der Waals surface area contributed by atoms with Crippen LogP contribution >= 0.6 is 22.9 Å². The number of halogens is 1. The molecule has 0 unspecified atom stereocenters. The van der Waals surface area contributed by atoms with Crippen LogP contribution < -0.4 is 0 Å². The topological polar surface area (TPSA) is 17.1 Å². The lowest BCUT2D eigenvalue weighted by Gasteiger charge is -2.04. The molecule has 3 rings (SSSR count). The molecule has 0 atom stereocenters. The first-order valence-electron chi connectivity index (χ1n) is 5.15. The number of thiophene rings is 1. The van der Waals surface area contributed by atoms with Crippen molar-refractivity contribution in [1.29, 1.82) is 0 Å². The van der Waals surface area contributed by atoms with Crippen LogP contribution in [0.4, 0.5) is 0 Å². The molecule has 0 bridgehead atoms. The zero-order valence-corrected chi connectivity index (χ0v) is 10.1. The second kappa shape index (κ2) is 3.72. The number of carbonyl (C=O) groups excluding carboxylic acids is 1. The van der Waals surface area contributed by atoms with E-state index in [2.05, 4.69) is 0 Å². The molecule has 3 heteroatoms. The largest absolute Gasteiger partial charge is 0.289 e. The summed E-state index contributed by atoms with van der Waals surface area (Å²) in [6.07, 6.45) is 1.87. The van der Waals surface area contributed by atoms with Crippen molar-refractivity contribution in [3.05, 3.63) is 56.2 Å². The predicted molar refractivity (Wildman–Crippen MR) is 66.6 cm³/mol. The molecular formula is C13H9ClOS. The fourth-order valence-corrected chi connectivity index (χ4v) is 3.16. The maximum absolute atomic E-state index is 12.3. The van der Waals surface area contributed by atoms with Gasteiger partial charge in [-0.15, -0.1) is 11.3 Å². The maximum Gasteiger partial charge on any atom is 0.194 e. The van der Waals surface area contributed by atoms with Crippen LogP contribution in [0, 0.1) is 0 Å². The van der Waals surface area contributed by atoms with E-state index in [1.54, 1.807) is 17.4 Å². The summed E-state index contributed by atoms with van der Waals surface area (Å²) in [4.78, 5) is 13.5. The van der Waals surface area contributed by atoms with Crippen LogP contribution in [-0.4, -0.2) is 5.78 Å². The normalized spacial score (nSPS) is 14.2. The highest BCUT2D eigenvalue weighted by Gasteiger charge is 2.21. The molecule has 0 aliphatic heterocycles. The van der Waals surface area contributed by atoms with Crippen molar-refractivity contribution >= 4 is 28.7 Å². The molecule has 0 radical (unpaired) electrons. The molecule has 16 heavy (non-hydrogen) atoms. The van der Waals surface area contributed by atoms with E-state index in [9.17, 15) is 4.79 Å². The summed E-state index contributed by atoms with van der Waals surface area (Å²) in [6.45, 7) is 0. The third kappa shape index (κ3) is 1.49. The van der Waals surface area contributed by atoms with E-state index in [1.807, 2.05) is 23.6 Å². The van der Waals surface area contributed by atoms with Gasteiger partial charge in [-0.1, -0.05) is 17.7 Å². The highest BCUT2D eigenvalue weighted by Crippen LogP contribution is 2.29. The van der Waals surface area contributed by atoms with Crippen molar-refractivity contribution in [2.45, 2.75) is 12.8 Å². The Morgan fingerprint density at radius 1 is 1.12 bits per heavy atom.